The lowest BCUT2D eigenvalue weighted by Gasteiger charge is -2.26. The first-order valence-electron chi connectivity index (χ1n) is 8.57. The average Bonchev–Trinajstić information content (AvgIpc) is 3.18. The Morgan fingerprint density at radius 2 is 2.04 bits per heavy atom. The van der Waals surface area contributed by atoms with E-state index in [1.54, 1.807) is 7.11 Å². The lowest BCUT2D eigenvalue weighted by Crippen LogP contribution is -2.22. The zero-order valence-electron chi connectivity index (χ0n) is 14.1. The minimum Gasteiger partial charge on any atom is -0.493 e. The highest BCUT2D eigenvalue weighted by Gasteiger charge is 2.35. The van der Waals surface area contributed by atoms with Crippen LogP contribution in [0.15, 0.2) is 12.1 Å². The smallest absolute Gasteiger partial charge is 0.167 e. The molecule has 3 rings (SSSR count). The predicted molar refractivity (Wildman–Crippen MR) is 93.4 cm³/mol. The molecule has 2 N–H and O–H groups in total. The fraction of sp³-hybridized carbons (Fsp3) is 0.667. The monoisotopic (exact) mass is 338 g/mol. The van der Waals surface area contributed by atoms with Gasteiger partial charge in [-0.15, -0.1) is 0 Å². The third-order valence-electron chi connectivity index (χ3n) is 5.21. The van der Waals surface area contributed by atoms with Gasteiger partial charge >= 0.3 is 0 Å². The molecule has 0 spiro atoms. The second-order valence-electron chi connectivity index (χ2n) is 6.81. The van der Waals surface area contributed by atoms with E-state index in [0.29, 0.717) is 12.5 Å². The Kier molecular flexibility index (Phi) is 5.34. The Labute approximate surface area is 143 Å². The van der Waals surface area contributed by atoms with Crippen LogP contribution in [0.25, 0.3) is 0 Å². The van der Waals surface area contributed by atoms with Gasteiger partial charge in [0.05, 0.1) is 13.2 Å². The molecule has 4 nitrogen and oxygen atoms in total. The van der Waals surface area contributed by atoms with Crippen LogP contribution in [0.3, 0.4) is 0 Å². The molecular formula is C18H27ClN2O2. The number of hydrogen-bond donors (Lipinski definition) is 1. The van der Waals surface area contributed by atoms with Gasteiger partial charge in [-0.1, -0.05) is 11.6 Å². The Morgan fingerprint density at radius 3 is 2.65 bits per heavy atom. The van der Waals surface area contributed by atoms with Gasteiger partial charge in [0, 0.05) is 23.2 Å². The van der Waals surface area contributed by atoms with E-state index < -0.39 is 0 Å². The molecule has 23 heavy (non-hydrogen) atoms. The molecule has 0 radical (unpaired) electrons. The summed E-state index contributed by atoms with van der Waals surface area (Å²) in [7, 11) is 3.82. The highest BCUT2D eigenvalue weighted by Crippen LogP contribution is 2.47. The van der Waals surface area contributed by atoms with E-state index in [2.05, 4.69) is 11.9 Å². The Balaban J connectivity index is 1.96. The van der Waals surface area contributed by atoms with Gasteiger partial charge < -0.3 is 15.2 Å². The molecular weight excluding hydrogens is 312 g/mol. The van der Waals surface area contributed by atoms with Crippen LogP contribution < -0.4 is 15.2 Å². The quantitative estimate of drug-likeness (QED) is 0.890. The number of likely N-dealkylation sites (tertiary alicyclic amines) is 1. The van der Waals surface area contributed by atoms with Gasteiger partial charge in [0.1, 0.15) is 0 Å². The molecule has 0 bridgehead atoms. The molecule has 2 fully saturated rings. The minimum atomic E-state index is 0.238. The van der Waals surface area contributed by atoms with Crippen LogP contribution in [0.1, 0.15) is 43.7 Å². The van der Waals surface area contributed by atoms with E-state index in [-0.39, 0.29) is 12.1 Å². The van der Waals surface area contributed by atoms with Crippen molar-refractivity contribution < 1.29 is 9.47 Å². The van der Waals surface area contributed by atoms with E-state index in [0.717, 1.165) is 47.9 Å². The largest absolute Gasteiger partial charge is 0.493 e. The van der Waals surface area contributed by atoms with Gasteiger partial charge in [0.15, 0.2) is 11.5 Å². The van der Waals surface area contributed by atoms with E-state index in [1.165, 1.54) is 12.8 Å². The van der Waals surface area contributed by atoms with Crippen LogP contribution in [0.2, 0.25) is 5.02 Å². The van der Waals surface area contributed by atoms with Crippen LogP contribution >= 0.6 is 11.6 Å². The number of rotatable bonds is 5. The van der Waals surface area contributed by atoms with Gasteiger partial charge in [0.2, 0.25) is 0 Å². The summed E-state index contributed by atoms with van der Waals surface area (Å²) in [5, 5.41) is 0.758. The molecule has 2 aliphatic rings. The van der Waals surface area contributed by atoms with Crippen molar-refractivity contribution in [3.63, 3.8) is 0 Å². The maximum Gasteiger partial charge on any atom is 0.167 e. The van der Waals surface area contributed by atoms with Crippen molar-refractivity contribution in [3.05, 3.63) is 22.7 Å². The maximum atomic E-state index is 6.59. The standard InChI is InChI=1S/C18H27ClN2O2/c1-21-11-12(10-20)9-15(21)17-14(19)7-8-16(22-2)18(17)23-13-5-3-4-6-13/h7-8,12-13,15H,3-6,9-11,20H2,1-2H3. The summed E-state index contributed by atoms with van der Waals surface area (Å²) in [4.78, 5) is 2.33. The lowest BCUT2D eigenvalue weighted by atomic mass is 9.98. The number of ether oxygens (including phenoxy) is 2. The fourth-order valence-corrected chi connectivity index (χ4v) is 4.21. The van der Waals surface area contributed by atoms with Crippen molar-refractivity contribution in [2.24, 2.45) is 11.7 Å². The second kappa shape index (κ2) is 7.29. The van der Waals surface area contributed by atoms with Crippen LogP contribution in [0.5, 0.6) is 11.5 Å². The molecule has 2 unspecified atom stereocenters. The zero-order chi connectivity index (χ0) is 16.4. The molecule has 1 heterocycles. The molecule has 1 aromatic carbocycles. The number of methoxy groups -OCH3 is 1. The van der Waals surface area contributed by atoms with Gasteiger partial charge in [0.25, 0.3) is 0 Å². The molecule has 1 saturated heterocycles. The van der Waals surface area contributed by atoms with Crippen molar-refractivity contribution in [1.29, 1.82) is 0 Å². The van der Waals surface area contributed by atoms with Crippen molar-refractivity contribution in [2.45, 2.75) is 44.2 Å². The van der Waals surface area contributed by atoms with Gasteiger partial charge in [-0.05, 0) is 63.7 Å². The van der Waals surface area contributed by atoms with Crippen LogP contribution in [-0.4, -0.2) is 38.3 Å². The Hall–Kier alpha value is -0.970. The van der Waals surface area contributed by atoms with Gasteiger partial charge in [-0.2, -0.15) is 0 Å². The summed E-state index contributed by atoms with van der Waals surface area (Å²) in [6, 6.07) is 4.06. The van der Waals surface area contributed by atoms with Crippen LogP contribution in [0, 0.1) is 5.92 Å². The summed E-state index contributed by atoms with van der Waals surface area (Å²) in [6.07, 6.45) is 5.99. The third kappa shape index (κ3) is 3.44. The van der Waals surface area contributed by atoms with E-state index in [4.69, 9.17) is 26.8 Å². The summed E-state index contributed by atoms with van der Waals surface area (Å²) >= 11 is 6.59. The number of hydrogen-bond acceptors (Lipinski definition) is 4. The lowest BCUT2D eigenvalue weighted by molar-refractivity contribution is 0.192. The van der Waals surface area contributed by atoms with Crippen molar-refractivity contribution >= 4 is 11.6 Å². The summed E-state index contributed by atoms with van der Waals surface area (Å²) < 4.78 is 11.9. The number of benzene rings is 1. The van der Waals surface area contributed by atoms with Crippen LogP contribution in [0.4, 0.5) is 0 Å². The molecule has 1 aliphatic heterocycles. The first-order valence-corrected chi connectivity index (χ1v) is 8.95. The highest BCUT2D eigenvalue weighted by molar-refractivity contribution is 6.31. The summed E-state index contributed by atoms with van der Waals surface area (Å²) in [5.41, 5.74) is 6.95. The van der Waals surface area contributed by atoms with Crippen molar-refractivity contribution in [3.8, 4) is 11.5 Å². The zero-order valence-corrected chi connectivity index (χ0v) is 14.8. The Morgan fingerprint density at radius 1 is 1.30 bits per heavy atom. The summed E-state index contributed by atoms with van der Waals surface area (Å²) in [6.45, 7) is 1.71. The predicted octanol–water partition coefficient (Wildman–Crippen LogP) is 3.62. The number of nitrogens with two attached hydrogens (primary N) is 1. The first-order chi connectivity index (χ1) is 11.1. The molecule has 0 amide bonds. The fourth-order valence-electron chi connectivity index (χ4n) is 3.93. The van der Waals surface area contributed by atoms with E-state index in [9.17, 15) is 0 Å². The maximum absolute atomic E-state index is 6.59. The van der Waals surface area contributed by atoms with Crippen molar-refractivity contribution in [1.82, 2.24) is 4.90 Å². The molecule has 1 saturated carbocycles. The molecule has 5 heteroatoms. The highest BCUT2D eigenvalue weighted by atomic mass is 35.5. The molecule has 1 aromatic rings. The topological polar surface area (TPSA) is 47.7 Å². The van der Waals surface area contributed by atoms with Crippen LogP contribution in [-0.2, 0) is 0 Å². The molecule has 128 valence electrons. The van der Waals surface area contributed by atoms with Crippen molar-refractivity contribution in [2.75, 3.05) is 27.2 Å². The normalized spacial score (nSPS) is 25.9. The minimum absolute atomic E-state index is 0.238. The first kappa shape index (κ1) is 16.9. The molecule has 1 aliphatic carbocycles. The van der Waals surface area contributed by atoms with Gasteiger partial charge in [-0.3, -0.25) is 4.90 Å². The molecule has 0 aromatic heterocycles. The number of halogens is 1. The van der Waals surface area contributed by atoms with Gasteiger partial charge in [-0.25, -0.2) is 0 Å². The average molecular weight is 339 g/mol. The second-order valence-corrected chi connectivity index (χ2v) is 7.22. The van der Waals surface area contributed by atoms with E-state index >= 15 is 0 Å². The Bertz CT molecular complexity index is 546. The number of nitrogens with zero attached hydrogens (tertiary/aromatic N) is 1. The SMILES string of the molecule is COc1ccc(Cl)c(C2CC(CN)CN2C)c1OC1CCCC1. The molecule has 2 atom stereocenters. The summed E-state index contributed by atoms with van der Waals surface area (Å²) in [5.74, 6) is 2.12. The third-order valence-corrected chi connectivity index (χ3v) is 5.54. The van der Waals surface area contributed by atoms with E-state index in [1.807, 2.05) is 12.1 Å².